The van der Waals surface area contributed by atoms with Gasteiger partial charge >= 0.3 is 0 Å². The van der Waals surface area contributed by atoms with E-state index in [0.717, 1.165) is 0 Å². The van der Waals surface area contributed by atoms with E-state index in [1.165, 1.54) is 21.2 Å². The van der Waals surface area contributed by atoms with E-state index in [-0.39, 0.29) is 17.1 Å². The predicted molar refractivity (Wildman–Crippen MR) is 60.3 cm³/mol. The van der Waals surface area contributed by atoms with E-state index in [2.05, 4.69) is 53.8 Å². The van der Waals surface area contributed by atoms with Gasteiger partial charge in [-0.1, -0.05) is 36.0 Å². The average molecular weight is 255 g/mol. The van der Waals surface area contributed by atoms with Crippen LogP contribution in [-0.4, -0.2) is 0 Å². The Morgan fingerprint density at radius 2 is 1.20 bits per heavy atom. The maximum atomic E-state index is 3.42. The van der Waals surface area contributed by atoms with Gasteiger partial charge in [0.15, 0.2) is 0 Å². The molecule has 1 N–H and O–H groups in total. The fourth-order valence-corrected chi connectivity index (χ4v) is 2.57. The second-order valence-electron chi connectivity index (χ2n) is 3.22. The standard InChI is InChI=1S/C12H9NS.Fe/c1-3-7-11-9(5-1)13-10-6-2-4-8-12(10)14-11;/h1-8,13H;. The number of anilines is 2. The zero-order chi connectivity index (χ0) is 9.38. The second kappa shape index (κ2) is 4.31. The molecule has 1 nitrogen and oxygen atoms in total. The molecule has 0 bridgehead atoms. The second-order valence-corrected chi connectivity index (χ2v) is 4.30. The molecule has 0 atom stereocenters. The van der Waals surface area contributed by atoms with Crippen LogP contribution in [0.1, 0.15) is 0 Å². The summed E-state index contributed by atoms with van der Waals surface area (Å²) in [6, 6.07) is 16.8. The molecule has 15 heavy (non-hydrogen) atoms. The molecule has 76 valence electrons. The van der Waals surface area contributed by atoms with Crippen LogP contribution < -0.4 is 5.32 Å². The zero-order valence-corrected chi connectivity index (χ0v) is 9.80. The Kier molecular flexibility index (Phi) is 3.05. The van der Waals surface area contributed by atoms with Gasteiger partial charge in [0.05, 0.1) is 11.4 Å². The van der Waals surface area contributed by atoms with Crippen LogP contribution in [0.2, 0.25) is 0 Å². The first kappa shape index (κ1) is 10.6. The van der Waals surface area contributed by atoms with Crippen molar-refractivity contribution in [1.29, 1.82) is 0 Å². The van der Waals surface area contributed by atoms with Gasteiger partial charge in [-0.15, -0.1) is 0 Å². The van der Waals surface area contributed by atoms with Crippen molar-refractivity contribution in [3.8, 4) is 0 Å². The minimum atomic E-state index is 0. The van der Waals surface area contributed by atoms with Crippen LogP contribution in [-0.2, 0) is 17.1 Å². The van der Waals surface area contributed by atoms with Crippen LogP contribution in [0.25, 0.3) is 0 Å². The molecule has 0 saturated heterocycles. The van der Waals surface area contributed by atoms with E-state index < -0.39 is 0 Å². The van der Waals surface area contributed by atoms with Gasteiger partial charge in [-0.2, -0.15) is 0 Å². The summed E-state index contributed by atoms with van der Waals surface area (Å²) in [5, 5.41) is 3.42. The Morgan fingerprint density at radius 1 is 0.733 bits per heavy atom. The maximum absolute atomic E-state index is 3.42. The van der Waals surface area contributed by atoms with E-state index in [4.69, 9.17) is 0 Å². The van der Waals surface area contributed by atoms with Crippen LogP contribution in [0.4, 0.5) is 11.4 Å². The molecule has 3 heteroatoms. The largest absolute Gasteiger partial charge is 0.354 e. The summed E-state index contributed by atoms with van der Waals surface area (Å²) in [6.45, 7) is 0. The summed E-state index contributed by atoms with van der Waals surface area (Å²) in [4.78, 5) is 2.59. The zero-order valence-electron chi connectivity index (χ0n) is 7.88. The van der Waals surface area contributed by atoms with E-state index in [1.807, 2.05) is 11.8 Å². The van der Waals surface area contributed by atoms with Crippen LogP contribution >= 0.6 is 11.8 Å². The number of rotatable bonds is 0. The predicted octanol–water partition coefficient (Wildman–Crippen LogP) is 3.89. The number of nitrogens with one attached hydrogen (secondary N) is 1. The molecule has 1 aliphatic heterocycles. The Balaban J connectivity index is 0.000000853. The number of para-hydroxylation sites is 2. The Morgan fingerprint density at radius 3 is 1.73 bits per heavy atom. The molecule has 0 unspecified atom stereocenters. The van der Waals surface area contributed by atoms with Gasteiger partial charge in [-0.05, 0) is 24.3 Å². The van der Waals surface area contributed by atoms with Crippen molar-refractivity contribution >= 4 is 23.1 Å². The Labute approximate surface area is 104 Å². The molecule has 3 rings (SSSR count). The molecule has 1 aliphatic rings. The van der Waals surface area contributed by atoms with Crippen LogP contribution in [0.5, 0.6) is 0 Å². The summed E-state index contributed by atoms with van der Waals surface area (Å²) < 4.78 is 0. The van der Waals surface area contributed by atoms with Gasteiger partial charge in [-0.25, -0.2) is 0 Å². The molecule has 0 aromatic heterocycles. The molecule has 1 heterocycles. The third-order valence-electron chi connectivity index (χ3n) is 2.26. The van der Waals surface area contributed by atoms with E-state index in [0.29, 0.717) is 0 Å². The summed E-state index contributed by atoms with van der Waals surface area (Å²) in [5.41, 5.74) is 2.41. The summed E-state index contributed by atoms with van der Waals surface area (Å²) in [6.07, 6.45) is 0. The average Bonchev–Trinajstić information content (AvgIpc) is 2.26. The van der Waals surface area contributed by atoms with Crippen molar-refractivity contribution in [2.45, 2.75) is 9.79 Å². The third kappa shape index (κ3) is 1.91. The summed E-state index contributed by atoms with van der Waals surface area (Å²) >= 11 is 1.82. The fourth-order valence-electron chi connectivity index (χ4n) is 1.58. The molecule has 0 saturated carbocycles. The maximum Gasteiger partial charge on any atom is 0.0526 e. The summed E-state index contributed by atoms with van der Waals surface area (Å²) in [5.74, 6) is 0. The first-order chi connectivity index (χ1) is 6.93. The van der Waals surface area contributed by atoms with Gasteiger partial charge in [0.25, 0.3) is 0 Å². The van der Waals surface area contributed by atoms with Gasteiger partial charge in [0.2, 0.25) is 0 Å². The quantitative estimate of drug-likeness (QED) is 0.611. The molecule has 0 radical (unpaired) electrons. The molecule has 0 amide bonds. The van der Waals surface area contributed by atoms with Crippen molar-refractivity contribution < 1.29 is 17.1 Å². The van der Waals surface area contributed by atoms with Gasteiger partial charge in [-0.3, -0.25) is 0 Å². The fraction of sp³-hybridized carbons (Fsp3) is 0. The van der Waals surface area contributed by atoms with Crippen molar-refractivity contribution in [2.24, 2.45) is 0 Å². The van der Waals surface area contributed by atoms with Crippen molar-refractivity contribution in [1.82, 2.24) is 0 Å². The number of hydrogen-bond donors (Lipinski definition) is 1. The smallest absolute Gasteiger partial charge is 0.0526 e. The first-order valence-electron chi connectivity index (χ1n) is 4.56. The van der Waals surface area contributed by atoms with Crippen LogP contribution in [0.15, 0.2) is 58.3 Å². The molecule has 2 aromatic carbocycles. The van der Waals surface area contributed by atoms with E-state index >= 15 is 0 Å². The number of hydrogen-bond acceptors (Lipinski definition) is 2. The van der Waals surface area contributed by atoms with Gasteiger partial charge in [0.1, 0.15) is 0 Å². The van der Waals surface area contributed by atoms with Crippen LogP contribution in [0.3, 0.4) is 0 Å². The van der Waals surface area contributed by atoms with Crippen molar-refractivity contribution in [2.75, 3.05) is 5.32 Å². The topological polar surface area (TPSA) is 12.0 Å². The van der Waals surface area contributed by atoms with Crippen LogP contribution in [0, 0.1) is 0 Å². The monoisotopic (exact) mass is 255 g/mol. The van der Waals surface area contributed by atoms with E-state index in [9.17, 15) is 0 Å². The third-order valence-corrected chi connectivity index (χ3v) is 3.42. The molecule has 0 fully saturated rings. The number of benzene rings is 2. The van der Waals surface area contributed by atoms with E-state index in [1.54, 1.807) is 0 Å². The minimum absolute atomic E-state index is 0. The van der Waals surface area contributed by atoms with Gasteiger partial charge in [0, 0.05) is 26.9 Å². The minimum Gasteiger partial charge on any atom is -0.354 e. The molecular formula is C12H9FeNS. The molecule has 2 aromatic rings. The molecule has 0 aliphatic carbocycles. The first-order valence-corrected chi connectivity index (χ1v) is 5.38. The summed E-state index contributed by atoms with van der Waals surface area (Å²) in [7, 11) is 0. The molecular weight excluding hydrogens is 246 g/mol. The number of fused-ring (bicyclic) bond motifs is 2. The Hall–Kier alpha value is -0.891. The van der Waals surface area contributed by atoms with Crippen molar-refractivity contribution in [3.63, 3.8) is 0 Å². The Bertz CT molecular complexity index is 397. The molecule has 0 spiro atoms. The SMILES string of the molecule is [Fe].c1ccc2c(c1)Nc1ccccc1S2. The van der Waals surface area contributed by atoms with Gasteiger partial charge < -0.3 is 5.32 Å². The van der Waals surface area contributed by atoms with Crippen molar-refractivity contribution in [3.05, 3.63) is 48.5 Å². The normalized spacial score (nSPS) is 11.7.